The van der Waals surface area contributed by atoms with Gasteiger partial charge in [-0.2, -0.15) is 5.26 Å². The van der Waals surface area contributed by atoms with Gasteiger partial charge in [0.25, 0.3) is 0 Å². The summed E-state index contributed by atoms with van der Waals surface area (Å²) in [6.45, 7) is 5.23. The molecule has 0 atom stereocenters. The molecule has 0 N–H and O–H groups in total. The van der Waals surface area contributed by atoms with E-state index in [0.29, 0.717) is 11.3 Å². The molecule has 0 saturated heterocycles. The van der Waals surface area contributed by atoms with Gasteiger partial charge in [-0.3, -0.25) is 4.79 Å². The molecule has 1 aromatic carbocycles. The number of carbonyl (C=O) groups excluding carboxylic acids is 2. The smallest absolute Gasteiger partial charge is 0.348 e. The van der Waals surface area contributed by atoms with Crippen molar-refractivity contribution in [2.24, 2.45) is 5.41 Å². The molecule has 0 saturated carbocycles. The number of benzene rings is 1. The molecule has 6 nitrogen and oxygen atoms in total. The van der Waals surface area contributed by atoms with Gasteiger partial charge in [-0.05, 0) is 44.5 Å². The van der Waals surface area contributed by atoms with Crippen LogP contribution in [-0.2, 0) is 14.3 Å². The number of nitriles is 1. The summed E-state index contributed by atoms with van der Waals surface area (Å²) in [5, 5.41) is 8.96. The highest BCUT2D eigenvalue weighted by molar-refractivity contribution is 5.97. The minimum atomic E-state index is -0.727. The Balaban J connectivity index is 3.15. The Kier molecular flexibility index (Phi) is 5.91. The van der Waals surface area contributed by atoms with E-state index in [9.17, 15) is 9.59 Å². The maximum absolute atomic E-state index is 11.9. The van der Waals surface area contributed by atoms with Crippen LogP contribution in [0.4, 0.5) is 0 Å². The summed E-state index contributed by atoms with van der Waals surface area (Å²) in [7, 11) is 2.63. The molecule has 0 aromatic heterocycles. The summed E-state index contributed by atoms with van der Waals surface area (Å²) in [5.74, 6) is -0.541. The molecule has 0 aliphatic heterocycles. The van der Waals surface area contributed by atoms with Crippen LogP contribution in [0.15, 0.2) is 23.8 Å². The molecular formula is C17H19NO5. The molecule has 0 aliphatic carbocycles. The van der Waals surface area contributed by atoms with E-state index in [0.717, 1.165) is 0 Å². The first-order chi connectivity index (χ1) is 10.7. The van der Waals surface area contributed by atoms with Crippen LogP contribution < -0.4 is 9.47 Å². The highest BCUT2D eigenvalue weighted by atomic mass is 16.6. The van der Waals surface area contributed by atoms with Crippen molar-refractivity contribution in [1.82, 2.24) is 0 Å². The van der Waals surface area contributed by atoms with Gasteiger partial charge in [-0.15, -0.1) is 0 Å². The van der Waals surface area contributed by atoms with Gasteiger partial charge in [0.05, 0.1) is 19.6 Å². The fourth-order valence-corrected chi connectivity index (χ4v) is 1.52. The lowest BCUT2D eigenvalue weighted by Crippen LogP contribution is -2.25. The number of hydrogen-bond acceptors (Lipinski definition) is 6. The largest absolute Gasteiger partial charge is 0.493 e. The Morgan fingerprint density at radius 2 is 1.83 bits per heavy atom. The van der Waals surface area contributed by atoms with Gasteiger partial charge in [0.15, 0.2) is 11.5 Å². The second-order valence-electron chi connectivity index (χ2n) is 5.71. The average Bonchev–Trinajstić information content (AvgIpc) is 2.51. The van der Waals surface area contributed by atoms with Crippen molar-refractivity contribution in [3.8, 4) is 17.6 Å². The van der Waals surface area contributed by atoms with E-state index >= 15 is 0 Å². The van der Waals surface area contributed by atoms with Crippen LogP contribution >= 0.6 is 0 Å². The molecule has 6 heteroatoms. The van der Waals surface area contributed by atoms with Gasteiger partial charge in [0, 0.05) is 0 Å². The molecule has 1 aromatic rings. The first-order valence-corrected chi connectivity index (χ1v) is 6.83. The lowest BCUT2D eigenvalue weighted by molar-refractivity contribution is -0.143. The van der Waals surface area contributed by atoms with Gasteiger partial charge in [0.1, 0.15) is 11.6 Å². The Hall–Kier alpha value is -2.81. The lowest BCUT2D eigenvalue weighted by Gasteiger charge is -2.17. The molecule has 122 valence electrons. The second kappa shape index (κ2) is 7.45. The van der Waals surface area contributed by atoms with E-state index in [-0.39, 0.29) is 11.3 Å². The first-order valence-electron chi connectivity index (χ1n) is 6.83. The molecule has 0 bridgehead atoms. The third-order valence-corrected chi connectivity index (χ3v) is 2.84. The first kappa shape index (κ1) is 18.2. The predicted octanol–water partition coefficient (Wildman–Crippen LogP) is 2.73. The summed E-state index contributed by atoms with van der Waals surface area (Å²) in [6.07, 6.45) is 1.36. The highest BCUT2D eigenvalue weighted by Gasteiger charge is 2.25. The Morgan fingerprint density at radius 1 is 1.17 bits per heavy atom. The van der Waals surface area contributed by atoms with Crippen LogP contribution in [-0.4, -0.2) is 26.2 Å². The number of methoxy groups -OCH3 is 2. The van der Waals surface area contributed by atoms with Crippen LogP contribution in [0.1, 0.15) is 26.3 Å². The average molecular weight is 317 g/mol. The van der Waals surface area contributed by atoms with Crippen molar-refractivity contribution in [3.63, 3.8) is 0 Å². The molecular weight excluding hydrogens is 298 g/mol. The third kappa shape index (κ3) is 4.85. The molecule has 1 rings (SSSR count). The topological polar surface area (TPSA) is 85.6 Å². The zero-order valence-electron chi connectivity index (χ0n) is 13.8. The fraction of sp³-hybridized carbons (Fsp3) is 0.353. The van der Waals surface area contributed by atoms with Crippen LogP contribution in [0, 0.1) is 16.7 Å². The van der Waals surface area contributed by atoms with Gasteiger partial charge in [-0.25, -0.2) is 4.79 Å². The van der Waals surface area contributed by atoms with Crippen molar-refractivity contribution in [3.05, 3.63) is 29.3 Å². The van der Waals surface area contributed by atoms with E-state index in [1.165, 1.54) is 20.3 Å². The van der Waals surface area contributed by atoms with E-state index in [2.05, 4.69) is 4.74 Å². The van der Waals surface area contributed by atoms with Crippen molar-refractivity contribution >= 4 is 18.0 Å². The van der Waals surface area contributed by atoms with Gasteiger partial charge < -0.3 is 14.2 Å². The third-order valence-electron chi connectivity index (χ3n) is 2.84. The fourth-order valence-electron chi connectivity index (χ4n) is 1.52. The Bertz CT molecular complexity index is 677. The quantitative estimate of drug-likeness (QED) is 0.367. The minimum Gasteiger partial charge on any atom is -0.493 e. The SMILES string of the molecule is COC(=O)/C(C#N)=C/c1ccc(OC(=O)C(C)(C)C)c(OC)c1. The molecule has 23 heavy (non-hydrogen) atoms. The summed E-state index contributed by atoms with van der Waals surface area (Å²) in [4.78, 5) is 23.4. The molecule has 0 amide bonds. The normalized spacial score (nSPS) is 11.4. The standard InChI is InChI=1S/C17H19NO5/c1-17(2,3)16(20)23-13-7-6-11(9-14(13)21-4)8-12(10-18)15(19)22-5/h6-9H,1-5H3/b12-8+. The number of esters is 2. The van der Waals surface area contributed by atoms with Gasteiger partial charge >= 0.3 is 11.9 Å². The summed E-state index contributed by atoms with van der Waals surface area (Å²) in [5.41, 5.74) is -0.254. The monoisotopic (exact) mass is 317 g/mol. The van der Waals surface area contributed by atoms with Crippen LogP contribution in [0.3, 0.4) is 0 Å². The highest BCUT2D eigenvalue weighted by Crippen LogP contribution is 2.31. The van der Waals surface area contributed by atoms with Gasteiger partial charge in [-0.1, -0.05) is 6.07 Å². The lowest BCUT2D eigenvalue weighted by atomic mass is 9.97. The predicted molar refractivity (Wildman–Crippen MR) is 83.7 cm³/mol. The molecule has 0 aliphatic rings. The van der Waals surface area contributed by atoms with Crippen molar-refractivity contribution < 1.29 is 23.8 Å². The molecule has 0 spiro atoms. The number of carbonyl (C=O) groups is 2. The van der Waals surface area contributed by atoms with E-state index < -0.39 is 17.4 Å². The zero-order valence-corrected chi connectivity index (χ0v) is 13.8. The van der Waals surface area contributed by atoms with Crippen LogP contribution in [0.2, 0.25) is 0 Å². The molecule has 0 radical (unpaired) electrons. The Morgan fingerprint density at radius 3 is 2.30 bits per heavy atom. The summed E-state index contributed by atoms with van der Waals surface area (Å²) in [6, 6.07) is 6.47. The minimum absolute atomic E-state index is 0.144. The van der Waals surface area contributed by atoms with E-state index in [4.69, 9.17) is 14.7 Å². The number of hydrogen-bond donors (Lipinski definition) is 0. The van der Waals surface area contributed by atoms with Crippen molar-refractivity contribution in [2.45, 2.75) is 20.8 Å². The van der Waals surface area contributed by atoms with Crippen LogP contribution in [0.25, 0.3) is 6.08 Å². The second-order valence-corrected chi connectivity index (χ2v) is 5.71. The summed E-state index contributed by atoms with van der Waals surface area (Å²) >= 11 is 0. The Labute approximate surface area is 135 Å². The molecule has 0 fully saturated rings. The van der Waals surface area contributed by atoms with Crippen molar-refractivity contribution in [1.29, 1.82) is 5.26 Å². The number of nitrogens with zero attached hydrogens (tertiary/aromatic N) is 1. The zero-order chi connectivity index (χ0) is 17.6. The maximum atomic E-state index is 11.9. The summed E-state index contributed by atoms with van der Waals surface area (Å²) < 4.78 is 15.0. The molecule has 0 unspecified atom stereocenters. The van der Waals surface area contributed by atoms with Crippen LogP contribution in [0.5, 0.6) is 11.5 Å². The maximum Gasteiger partial charge on any atom is 0.348 e. The van der Waals surface area contributed by atoms with E-state index in [1.807, 2.05) is 0 Å². The van der Waals surface area contributed by atoms with Crippen molar-refractivity contribution in [2.75, 3.05) is 14.2 Å². The number of rotatable bonds is 4. The van der Waals surface area contributed by atoms with Gasteiger partial charge in [0.2, 0.25) is 0 Å². The molecule has 0 heterocycles. The van der Waals surface area contributed by atoms with E-state index in [1.54, 1.807) is 45.0 Å². The number of ether oxygens (including phenoxy) is 3.